The van der Waals surface area contributed by atoms with E-state index in [4.69, 9.17) is 4.74 Å². The van der Waals surface area contributed by atoms with E-state index in [1.165, 1.54) is 12.1 Å². The van der Waals surface area contributed by atoms with Gasteiger partial charge in [0.05, 0.1) is 18.5 Å². The molecule has 0 saturated heterocycles. The minimum absolute atomic E-state index is 0.154. The van der Waals surface area contributed by atoms with Gasteiger partial charge >= 0.3 is 0 Å². The molecule has 0 unspecified atom stereocenters. The lowest BCUT2D eigenvalue weighted by Gasteiger charge is -2.09. The molecular weight excluding hydrogens is 377 g/mol. The second-order valence-electron chi connectivity index (χ2n) is 4.96. The number of benzene rings is 2. The summed E-state index contributed by atoms with van der Waals surface area (Å²) in [5, 5.41) is 2.79. The highest BCUT2D eigenvalue weighted by molar-refractivity contribution is 9.10. The van der Waals surface area contributed by atoms with Gasteiger partial charge in [0, 0.05) is 16.1 Å². The molecule has 3 rings (SSSR count). The van der Waals surface area contributed by atoms with E-state index < -0.39 is 5.82 Å². The van der Waals surface area contributed by atoms with Crippen molar-refractivity contribution in [3.8, 4) is 17.0 Å². The largest absolute Gasteiger partial charge is 0.497 e. The van der Waals surface area contributed by atoms with E-state index in [1.807, 2.05) is 6.07 Å². The van der Waals surface area contributed by atoms with Crippen molar-refractivity contribution >= 4 is 27.6 Å². The van der Waals surface area contributed by atoms with Crippen LogP contribution in [-0.2, 0) is 0 Å². The van der Waals surface area contributed by atoms with Crippen LogP contribution in [0, 0.1) is 5.82 Å². The number of ether oxygens (including phenoxy) is 1. The fourth-order valence-corrected chi connectivity index (χ4v) is 2.50. The lowest BCUT2D eigenvalue weighted by molar-refractivity contribution is 0.415. The number of aromatic nitrogens is 2. The summed E-state index contributed by atoms with van der Waals surface area (Å²) >= 11 is 3.20. The molecule has 0 fully saturated rings. The standard InChI is InChI=1S/C17H13BrFN3O2/c1-24-12-4-2-3-10(7-12)15-9-16(23)22-17(21-15)20-14-6-5-11(18)8-13(14)19/h2-9H,1H3,(H2,20,21,22,23). The van der Waals surface area contributed by atoms with Gasteiger partial charge in [0.15, 0.2) is 0 Å². The second-order valence-corrected chi connectivity index (χ2v) is 5.88. The number of hydrogen-bond donors (Lipinski definition) is 2. The molecule has 0 spiro atoms. The highest BCUT2D eigenvalue weighted by Gasteiger charge is 2.08. The Hall–Kier alpha value is -2.67. The summed E-state index contributed by atoms with van der Waals surface area (Å²) in [5.41, 5.74) is 1.05. The van der Waals surface area contributed by atoms with Crippen LogP contribution in [0.15, 0.2) is 57.8 Å². The lowest BCUT2D eigenvalue weighted by atomic mass is 10.1. The van der Waals surface area contributed by atoms with Gasteiger partial charge in [-0.3, -0.25) is 9.78 Å². The van der Waals surface area contributed by atoms with Crippen LogP contribution >= 0.6 is 15.9 Å². The molecule has 0 aliphatic carbocycles. The predicted octanol–water partition coefficient (Wildman–Crippen LogP) is 4.09. The Kier molecular flexibility index (Phi) is 4.61. The van der Waals surface area contributed by atoms with E-state index in [0.717, 1.165) is 5.56 Å². The van der Waals surface area contributed by atoms with Crippen LogP contribution in [0.2, 0.25) is 0 Å². The van der Waals surface area contributed by atoms with E-state index >= 15 is 0 Å². The second kappa shape index (κ2) is 6.84. The van der Waals surface area contributed by atoms with E-state index in [0.29, 0.717) is 15.9 Å². The molecule has 0 radical (unpaired) electrons. The smallest absolute Gasteiger partial charge is 0.252 e. The maximum atomic E-state index is 13.9. The Balaban J connectivity index is 1.98. The normalized spacial score (nSPS) is 10.5. The van der Waals surface area contributed by atoms with Gasteiger partial charge in [-0.25, -0.2) is 9.37 Å². The first-order valence-electron chi connectivity index (χ1n) is 7.03. The average Bonchev–Trinajstić information content (AvgIpc) is 2.57. The van der Waals surface area contributed by atoms with Gasteiger partial charge in [0.2, 0.25) is 5.95 Å². The summed E-state index contributed by atoms with van der Waals surface area (Å²) in [6, 6.07) is 13.1. The molecule has 0 aliphatic rings. The van der Waals surface area contributed by atoms with E-state index in [9.17, 15) is 9.18 Å². The summed E-state index contributed by atoms with van der Waals surface area (Å²) in [7, 11) is 1.56. The van der Waals surface area contributed by atoms with Gasteiger partial charge in [0.1, 0.15) is 11.6 Å². The molecule has 0 amide bonds. The first-order valence-corrected chi connectivity index (χ1v) is 7.82. The molecule has 2 N–H and O–H groups in total. The minimum Gasteiger partial charge on any atom is -0.497 e. The van der Waals surface area contributed by atoms with Crippen LogP contribution in [0.3, 0.4) is 0 Å². The van der Waals surface area contributed by atoms with Crippen LogP contribution in [0.4, 0.5) is 16.0 Å². The zero-order chi connectivity index (χ0) is 17.1. The third-order valence-corrected chi connectivity index (χ3v) is 3.78. The van der Waals surface area contributed by atoms with Crippen LogP contribution in [0.25, 0.3) is 11.3 Å². The van der Waals surface area contributed by atoms with Crippen LogP contribution in [0.5, 0.6) is 5.75 Å². The van der Waals surface area contributed by atoms with Crippen molar-refractivity contribution < 1.29 is 9.13 Å². The monoisotopic (exact) mass is 389 g/mol. The Morgan fingerprint density at radius 1 is 1.21 bits per heavy atom. The maximum Gasteiger partial charge on any atom is 0.252 e. The van der Waals surface area contributed by atoms with Gasteiger partial charge in [-0.05, 0) is 30.3 Å². The summed E-state index contributed by atoms with van der Waals surface area (Å²) in [6.45, 7) is 0. The van der Waals surface area contributed by atoms with Gasteiger partial charge in [-0.1, -0.05) is 28.1 Å². The van der Waals surface area contributed by atoms with E-state index in [-0.39, 0.29) is 17.2 Å². The van der Waals surface area contributed by atoms with Crippen molar-refractivity contribution in [3.63, 3.8) is 0 Å². The third-order valence-electron chi connectivity index (χ3n) is 3.29. The molecule has 0 saturated carbocycles. The molecule has 3 aromatic rings. The molecule has 0 bridgehead atoms. The molecule has 24 heavy (non-hydrogen) atoms. The highest BCUT2D eigenvalue weighted by atomic mass is 79.9. The first-order chi connectivity index (χ1) is 11.5. The van der Waals surface area contributed by atoms with Crippen LogP contribution in [-0.4, -0.2) is 17.1 Å². The molecule has 0 atom stereocenters. The number of aromatic amines is 1. The quantitative estimate of drug-likeness (QED) is 0.704. The number of nitrogens with zero attached hydrogens (tertiary/aromatic N) is 1. The Morgan fingerprint density at radius 2 is 2.04 bits per heavy atom. The zero-order valence-corrected chi connectivity index (χ0v) is 14.2. The SMILES string of the molecule is COc1cccc(-c2cc(=O)[nH]c(Nc3ccc(Br)cc3F)n2)c1. The average molecular weight is 390 g/mol. The zero-order valence-electron chi connectivity index (χ0n) is 12.6. The molecule has 7 heteroatoms. The first kappa shape index (κ1) is 16.2. The molecule has 5 nitrogen and oxygen atoms in total. The molecule has 122 valence electrons. The number of halogens is 2. The predicted molar refractivity (Wildman–Crippen MR) is 94.2 cm³/mol. The summed E-state index contributed by atoms with van der Waals surface area (Å²) in [6.07, 6.45) is 0. The van der Waals surface area contributed by atoms with Gasteiger partial charge in [0.25, 0.3) is 5.56 Å². The van der Waals surface area contributed by atoms with Crippen molar-refractivity contribution in [2.75, 3.05) is 12.4 Å². The fourth-order valence-electron chi connectivity index (χ4n) is 2.17. The van der Waals surface area contributed by atoms with Gasteiger partial charge in [-0.2, -0.15) is 0 Å². The van der Waals surface area contributed by atoms with Crippen LogP contribution in [0.1, 0.15) is 0 Å². The topological polar surface area (TPSA) is 67.0 Å². The number of nitrogens with one attached hydrogen (secondary N) is 2. The van der Waals surface area contributed by atoms with Crippen molar-refractivity contribution in [3.05, 3.63) is 69.2 Å². The summed E-state index contributed by atoms with van der Waals surface area (Å²) in [4.78, 5) is 18.8. The Bertz CT molecular complexity index is 943. The Morgan fingerprint density at radius 3 is 2.79 bits per heavy atom. The van der Waals surface area contributed by atoms with Crippen LogP contribution < -0.4 is 15.6 Å². The highest BCUT2D eigenvalue weighted by Crippen LogP contribution is 2.24. The number of methoxy groups -OCH3 is 1. The van der Waals surface area contributed by atoms with Crippen molar-refractivity contribution in [1.29, 1.82) is 0 Å². The molecular formula is C17H13BrFN3O2. The van der Waals surface area contributed by atoms with Crippen molar-refractivity contribution in [2.45, 2.75) is 0 Å². The molecule has 1 heterocycles. The molecule has 1 aromatic heterocycles. The minimum atomic E-state index is -0.459. The van der Waals surface area contributed by atoms with Gasteiger partial charge < -0.3 is 10.1 Å². The third kappa shape index (κ3) is 3.62. The number of rotatable bonds is 4. The number of H-pyrrole nitrogens is 1. The van der Waals surface area contributed by atoms with E-state index in [1.54, 1.807) is 37.4 Å². The fraction of sp³-hybridized carbons (Fsp3) is 0.0588. The van der Waals surface area contributed by atoms with E-state index in [2.05, 4.69) is 31.2 Å². The lowest BCUT2D eigenvalue weighted by Crippen LogP contribution is -2.11. The molecule has 2 aromatic carbocycles. The van der Waals surface area contributed by atoms with Crippen molar-refractivity contribution in [2.24, 2.45) is 0 Å². The summed E-state index contributed by atoms with van der Waals surface area (Å²) < 4.78 is 19.7. The van der Waals surface area contributed by atoms with Gasteiger partial charge in [-0.15, -0.1) is 0 Å². The summed E-state index contributed by atoms with van der Waals surface area (Å²) in [5.74, 6) is 0.350. The van der Waals surface area contributed by atoms with Crippen molar-refractivity contribution in [1.82, 2.24) is 9.97 Å². The Labute approximate surface area is 145 Å². The number of anilines is 2. The maximum absolute atomic E-state index is 13.9. The number of hydrogen-bond acceptors (Lipinski definition) is 4. The molecule has 0 aliphatic heterocycles.